The monoisotopic (exact) mass is 417 g/mol. The highest BCUT2D eigenvalue weighted by molar-refractivity contribution is 5.95. The zero-order valence-corrected chi connectivity index (χ0v) is 17.7. The van der Waals surface area contributed by atoms with Gasteiger partial charge in [0.1, 0.15) is 5.82 Å². The summed E-state index contributed by atoms with van der Waals surface area (Å²) in [5, 5.41) is 7.38. The molecule has 1 aliphatic heterocycles. The quantitative estimate of drug-likeness (QED) is 0.669. The first-order valence-electron chi connectivity index (χ1n) is 10.6. The fourth-order valence-corrected chi connectivity index (χ4v) is 3.68. The summed E-state index contributed by atoms with van der Waals surface area (Å²) in [5.41, 5.74) is 2.41. The molecule has 1 aromatic heterocycles. The summed E-state index contributed by atoms with van der Waals surface area (Å²) in [6.07, 6.45) is 0.354. The van der Waals surface area contributed by atoms with Gasteiger partial charge in [-0.15, -0.1) is 0 Å². The molecule has 0 bridgehead atoms. The Morgan fingerprint density at radius 2 is 1.58 bits per heavy atom. The van der Waals surface area contributed by atoms with Crippen LogP contribution in [0.1, 0.15) is 29.4 Å². The van der Waals surface area contributed by atoms with Crippen molar-refractivity contribution in [2.45, 2.75) is 19.9 Å². The standard InChI is InChI=1S/C24H27N5O2/c1-2-23(30)25-22-17-21(26-29(22)20-11-7-4-8-12-20)24(31)28-15-13-27(14-16-28)18-19-9-5-3-6-10-19/h3-12,17H,2,13-16,18H2,1H3,(H,25,30). The second kappa shape index (κ2) is 9.57. The number of nitrogens with zero attached hydrogens (tertiary/aromatic N) is 4. The molecule has 0 aliphatic carbocycles. The van der Waals surface area contributed by atoms with Gasteiger partial charge in [0.05, 0.1) is 5.69 Å². The molecular weight excluding hydrogens is 390 g/mol. The predicted molar refractivity (Wildman–Crippen MR) is 120 cm³/mol. The molecule has 1 saturated heterocycles. The van der Waals surface area contributed by atoms with Gasteiger partial charge in [0, 0.05) is 45.2 Å². The topological polar surface area (TPSA) is 70.5 Å². The van der Waals surface area contributed by atoms with Crippen molar-refractivity contribution in [2.75, 3.05) is 31.5 Å². The maximum Gasteiger partial charge on any atom is 0.274 e. The van der Waals surface area contributed by atoms with E-state index in [0.717, 1.165) is 25.3 Å². The third-order valence-corrected chi connectivity index (χ3v) is 5.43. The summed E-state index contributed by atoms with van der Waals surface area (Å²) in [7, 11) is 0. The number of rotatable bonds is 6. The number of hydrogen-bond donors (Lipinski definition) is 1. The van der Waals surface area contributed by atoms with Gasteiger partial charge < -0.3 is 10.2 Å². The van der Waals surface area contributed by atoms with Gasteiger partial charge in [-0.1, -0.05) is 55.5 Å². The number of amides is 2. The lowest BCUT2D eigenvalue weighted by atomic mass is 10.2. The molecule has 0 spiro atoms. The first-order valence-corrected chi connectivity index (χ1v) is 10.6. The summed E-state index contributed by atoms with van der Waals surface area (Å²) in [5.74, 6) is 0.274. The Bertz CT molecular complexity index is 1020. The molecule has 0 unspecified atom stereocenters. The molecule has 2 heterocycles. The molecule has 7 heteroatoms. The molecule has 2 aromatic carbocycles. The van der Waals surface area contributed by atoms with E-state index in [1.807, 2.05) is 53.4 Å². The number of para-hydroxylation sites is 1. The predicted octanol–water partition coefficient (Wildman–Crippen LogP) is 3.18. The molecule has 3 aromatic rings. The van der Waals surface area contributed by atoms with E-state index in [1.165, 1.54) is 5.56 Å². The van der Waals surface area contributed by atoms with Crippen LogP contribution >= 0.6 is 0 Å². The highest BCUT2D eigenvalue weighted by Gasteiger charge is 2.25. The van der Waals surface area contributed by atoms with Gasteiger partial charge in [-0.2, -0.15) is 5.10 Å². The van der Waals surface area contributed by atoms with Crippen LogP contribution in [0.4, 0.5) is 5.82 Å². The highest BCUT2D eigenvalue weighted by Crippen LogP contribution is 2.19. The molecule has 1 N–H and O–H groups in total. The van der Waals surface area contributed by atoms with Gasteiger partial charge in [0.15, 0.2) is 5.69 Å². The van der Waals surface area contributed by atoms with Crippen molar-refractivity contribution in [3.05, 3.63) is 78.0 Å². The molecule has 4 rings (SSSR count). The lowest BCUT2D eigenvalue weighted by Gasteiger charge is -2.34. The Balaban J connectivity index is 1.46. The number of hydrogen-bond acceptors (Lipinski definition) is 4. The van der Waals surface area contributed by atoms with E-state index in [0.29, 0.717) is 31.0 Å². The normalized spacial score (nSPS) is 14.4. The van der Waals surface area contributed by atoms with Crippen LogP contribution in [0.15, 0.2) is 66.7 Å². The van der Waals surface area contributed by atoms with E-state index in [-0.39, 0.29) is 11.8 Å². The summed E-state index contributed by atoms with van der Waals surface area (Å²) in [6.45, 7) is 5.62. The average molecular weight is 418 g/mol. The number of carbonyl (C=O) groups excluding carboxylic acids is 2. The van der Waals surface area contributed by atoms with E-state index in [4.69, 9.17) is 0 Å². The molecule has 2 amide bonds. The minimum Gasteiger partial charge on any atom is -0.335 e. The second-order valence-corrected chi connectivity index (χ2v) is 7.62. The fraction of sp³-hybridized carbons (Fsp3) is 0.292. The van der Waals surface area contributed by atoms with Crippen molar-refractivity contribution in [3.63, 3.8) is 0 Å². The van der Waals surface area contributed by atoms with Crippen LogP contribution in [0.3, 0.4) is 0 Å². The van der Waals surface area contributed by atoms with E-state index < -0.39 is 0 Å². The maximum atomic E-state index is 13.1. The molecule has 0 atom stereocenters. The fourth-order valence-electron chi connectivity index (χ4n) is 3.68. The van der Waals surface area contributed by atoms with Crippen LogP contribution < -0.4 is 5.32 Å². The van der Waals surface area contributed by atoms with Crippen LogP contribution in [0, 0.1) is 0 Å². The Morgan fingerprint density at radius 1 is 0.935 bits per heavy atom. The second-order valence-electron chi connectivity index (χ2n) is 7.62. The van der Waals surface area contributed by atoms with E-state index >= 15 is 0 Å². The minimum absolute atomic E-state index is 0.110. The number of anilines is 1. The number of benzene rings is 2. The van der Waals surface area contributed by atoms with Gasteiger partial charge in [-0.25, -0.2) is 4.68 Å². The van der Waals surface area contributed by atoms with E-state index in [2.05, 4.69) is 27.4 Å². The van der Waals surface area contributed by atoms with Crippen LogP contribution in [-0.4, -0.2) is 57.6 Å². The third-order valence-electron chi connectivity index (χ3n) is 5.43. The van der Waals surface area contributed by atoms with Gasteiger partial charge >= 0.3 is 0 Å². The van der Waals surface area contributed by atoms with Crippen LogP contribution in [0.2, 0.25) is 0 Å². The Kier molecular flexibility index (Phi) is 6.43. The lowest BCUT2D eigenvalue weighted by Crippen LogP contribution is -2.48. The Hall–Kier alpha value is -3.45. The van der Waals surface area contributed by atoms with E-state index in [1.54, 1.807) is 17.7 Å². The SMILES string of the molecule is CCC(=O)Nc1cc(C(=O)N2CCN(Cc3ccccc3)CC2)nn1-c1ccccc1. The third kappa shape index (κ3) is 5.00. The van der Waals surface area contributed by atoms with Crippen molar-refractivity contribution in [1.82, 2.24) is 19.6 Å². The van der Waals surface area contributed by atoms with E-state index in [9.17, 15) is 9.59 Å². The highest BCUT2D eigenvalue weighted by atomic mass is 16.2. The molecule has 7 nitrogen and oxygen atoms in total. The lowest BCUT2D eigenvalue weighted by molar-refractivity contribution is -0.115. The average Bonchev–Trinajstić information content (AvgIpc) is 3.24. The van der Waals surface area contributed by atoms with Crippen molar-refractivity contribution >= 4 is 17.6 Å². The molecule has 160 valence electrons. The number of nitrogens with one attached hydrogen (secondary N) is 1. The minimum atomic E-state index is -0.120. The molecule has 0 saturated carbocycles. The molecular formula is C24H27N5O2. The first kappa shape index (κ1) is 20.8. The summed E-state index contributed by atoms with van der Waals surface area (Å²) in [4.78, 5) is 29.3. The van der Waals surface area contributed by atoms with Crippen molar-refractivity contribution in [3.8, 4) is 5.69 Å². The molecule has 0 radical (unpaired) electrons. The van der Waals surface area contributed by atoms with Crippen LogP contribution in [-0.2, 0) is 11.3 Å². The van der Waals surface area contributed by atoms with Gasteiger partial charge in [-0.3, -0.25) is 14.5 Å². The van der Waals surface area contributed by atoms with Crippen molar-refractivity contribution < 1.29 is 9.59 Å². The number of carbonyl (C=O) groups is 2. The zero-order valence-electron chi connectivity index (χ0n) is 17.7. The summed E-state index contributed by atoms with van der Waals surface area (Å²) in [6, 6.07) is 21.5. The van der Waals surface area contributed by atoms with Crippen LogP contribution in [0.25, 0.3) is 5.69 Å². The first-order chi connectivity index (χ1) is 15.1. The largest absolute Gasteiger partial charge is 0.335 e. The Labute approximate surface area is 182 Å². The van der Waals surface area contributed by atoms with Gasteiger partial charge in [0.25, 0.3) is 5.91 Å². The number of aromatic nitrogens is 2. The van der Waals surface area contributed by atoms with Gasteiger partial charge in [-0.05, 0) is 17.7 Å². The van der Waals surface area contributed by atoms with Crippen molar-refractivity contribution in [1.29, 1.82) is 0 Å². The summed E-state index contributed by atoms with van der Waals surface area (Å²) >= 11 is 0. The van der Waals surface area contributed by atoms with Crippen molar-refractivity contribution in [2.24, 2.45) is 0 Å². The Morgan fingerprint density at radius 3 is 2.23 bits per heavy atom. The molecule has 1 aliphatic rings. The molecule has 1 fully saturated rings. The summed E-state index contributed by atoms with van der Waals surface area (Å²) < 4.78 is 1.62. The maximum absolute atomic E-state index is 13.1. The van der Waals surface area contributed by atoms with Crippen LogP contribution in [0.5, 0.6) is 0 Å². The molecule has 31 heavy (non-hydrogen) atoms. The number of piperazine rings is 1. The smallest absolute Gasteiger partial charge is 0.274 e. The zero-order chi connectivity index (χ0) is 21.6. The van der Waals surface area contributed by atoms with Gasteiger partial charge in [0.2, 0.25) is 5.91 Å².